The molecule has 5 nitrogen and oxygen atoms in total. The van der Waals surface area contributed by atoms with Crippen molar-refractivity contribution in [3.63, 3.8) is 0 Å². The van der Waals surface area contributed by atoms with Crippen LogP contribution in [0.1, 0.15) is 34.1 Å². The second-order valence-corrected chi connectivity index (χ2v) is 4.80. The summed E-state index contributed by atoms with van der Waals surface area (Å²) in [6, 6.07) is 0. The van der Waals surface area contributed by atoms with E-state index in [0.29, 0.717) is 5.92 Å². The molecule has 2 amide bonds. The minimum absolute atomic E-state index is 0.170. The van der Waals surface area contributed by atoms with Crippen molar-refractivity contribution >= 4 is 11.8 Å². The first-order valence-electron chi connectivity index (χ1n) is 6.22. The van der Waals surface area contributed by atoms with Gasteiger partial charge in [0.15, 0.2) is 0 Å². The first-order chi connectivity index (χ1) is 7.94. The van der Waals surface area contributed by atoms with E-state index in [1.165, 1.54) is 0 Å². The summed E-state index contributed by atoms with van der Waals surface area (Å²) < 4.78 is 0. The van der Waals surface area contributed by atoms with Crippen molar-refractivity contribution in [2.75, 3.05) is 6.54 Å². The number of hydrogen-bond donors (Lipinski definition) is 3. The quantitative estimate of drug-likeness (QED) is 0.598. The van der Waals surface area contributed by atoms with E-state index in [9.17, 15) is 14.7 Å². The highest BCUT2D eigenvalue weighted by atomic mass is 16.3. The Morgan fingerprint density at radius 1 is 1.53 bits per heavy atom. The minimum Gasteiger partial charge on any atom is -0.390 e. The number of rotatable bonds is 2. The van der Waals surface area contributed by atoms with Crippen LogP contribution in [0, 0.1) is 11.8 Å². The van der Waals surface area contributed by atoms with Gasteiger partial charge >= 0.3 is 0 Å². The Kier molecular flexibility index (Phi) is 4.14. The van der Waals surface area contributed by atoms with Gasteiger partial charge in [-0.3, -0.25) is 9.59 Å². The summed E-state index contributed by atoms with van der Waals surface area (Å²) in [5, 5.41) is 14.8. The molecular formula is C12H22N2O3. The molecule has 4 atom stereocenters. The lowest BCUT2D eigenvalue weighted by atomic mass is 10.0. The Morgan fingerprint density at radius 3 is 2.41 bits per heavy atom. The highest BCUT2D eigenvalue weighted by molar-refractivity contribution is 6.02. The predicted molar refractivity (Wildman–Crippen MR) is 64.2 cm³/mol. The number of nitrogens with one attached hydrogen (secondary N) is 2. The van der Waals surface area contributed by atoms with E-state index in [2.05, 4.69) is 10.6 Å². The van der Waals surface area contributed by atoms with Crippen molar-refractivity contribution < 1.29 is 14.7 Å². The van der Waals surface area contributed by atoms with Crippen molar-refractivity contribution in [2.45, 2.75) is 45.8 Å². The van der Waals surface area contributed by atoms with Gasteiger partial charge in [-0.25, -0.2) is 0 Å². The zero-order chi connectivity index (χ0) is 13.2. The molecule has 5 heteroatoms. The van der Waals surface area contributed by atoms with Crippen molar-refractivity contribution in [3.8, 4) is 0 Å². The Labute approximate surface area is 102 Å². The molecule has 4 unspecified atom stereocenters. The third kappa shape index (κ3) is 2.77. The summed E-state index contributed by atoms with van der Waals surface area (Å²) in [7, 11) is 0. The van der Waals surface area contributed by atoms with E-state index >= 15 is 0 Å². The maximum Gasteiger partial charge on any atom is 0.235 e. The van der Waals surface area contributed by atoms with Crippen molar-refractivity contribution in [1.82, 2.24) is 10.6 Å². The Hall–Kier alpha value is -1.10. The molecule has 3 N–H and O–H groups in total. The van der Waals surface area contributed by atoms with E-state index < -0.39 is 12.0 Å². The van der Waals surface area contributed by atoms with Crippen LogP contribution >= 0.6 is 0 Å². The van der Waals surface area contributed by atoms with Gasteiger partial charge in [0.1, 0.15) is 5.92 Å². The molecule has 1 saturated heterocycles. The second kappa shape index (κ2) is 5.04. The fourth-order valence-corrected chi connectivity index (χ4v) is 2.01. The number of aliphatic hydroxyl groups is 1. The number of hydrogen-bond acceptors (Lipinski definition) is 3. The highest BCUT2D eigenvalue weighted by Crippen LogP contribution is 2.42. The van der Waals surface area contributed by atoms with Crippen molar-refractivity contribution in [2.24, 2.45) is 11.8 Å². The zero-order valence-corrected chi connectivity index (χ0v) is 10.9. The smallest absolute Gasteiger partial charge is 0.235 e. The van der Waals surface area contributed by atoms with Crippen LogP contribution < -0.4 is 10.6 Å². The molecule has 0 radical (unpaired) electrons. The normalized spacial score (nSPS) is 38.9. The summed E-state index contributed by atoms with van der Waals surface area (Å²) in [6.07, 6.45) is 0.0403. The molecule has 1 heterocycles. The molecule has 2 rings (SSSR count). The summed E-state index contributed by atoms with van der Waals surface area (Å²) in [4.78, 5) is 23.0. The van der Waals surface area contributed by atoms with Gasteiger partial charge in [-0.1, -0.05) is 20.8 Å². The first-order valence-corrected chi connectivity index (χ1v) is 6.22. The number of amides is 2. The van der Waals surface area contributed by atoms with Gasteiger partial charge in [0.05, 0.1) is 6.10 Å². The molecular weight excluding hydrogens is 220 g/mol. The fourth-order valence-electron chi connectivity index (χ4n) is 2.01. The van der Waals surface area contributed by atoms with Crippen LogP contribution in [0.3, 0.4) is 0 Å². The Morgan fingerprint density at radius 2 is 2.06 bits per heavy atom. The fraction of sp³-hybridized carbons (Fsp3) is 0.833. The van der Waals surface area contributed by atoms with E-state index in [0.717, 1.165) is 6.42 Å². The van der Waals surface area contributed by atoms with Crippen LogP contribution in [-0.2, 0) is 9.59 Å². The van der Waals surface area contributed by atoms with Crippen molar-refractivity contribution in [1.29, 1.82) is 0 Å². The number of carbonyl (C=O) groups is 2. The third-order valence-electron chi connectivity index (χ3n) is 3.50. The van der Waals surface area contributed by atoms with Crippen LogP contribution in [0.5, 0.6) is 0 Å². The van der Waals surface area contributed by atoms with Gasteiger partial charge < -0.3 is 15.7 Å². The molecule has 0 aromatic heterocycles. The number of β-amino-alcohol motifs (C(OH)–C–C–N with tert-alkyl or cyclic N) is 1. The summed E-state index contributed by atoms with van der Waals surface area (Å²) in [5.74, 6) is -1.22. The summed E-state index contributed by atoms with van der Waals surface area (Å²) in [6.45, 7) is 8.17. The molecule has 0 aromatic carbocycles. The van der Waals surface area contributed by atoms with E-state index in [1.807, 2.05) is 27.7 Å². The monoisotopic (exact) mass is 242 g/mol. The van der Waals surface area contributed by atoms with Gasteiger partial charge in [0.25, 0.3) is 0 Å². The van der Waals surface area contributed by atoms with Crippen LogP contribution in [0.4, 0.5) is 0 Å². The number of aliphatic hydroxyl groups excluding tert-OH is 1. The molecule has 0 aromatic rings. The maximum absolute atomic E-state index is 11.7. The van der Waals surface area contributed by atoms with Crippen LogP contribution in [0.25, 0.3) is 0 Å². The highest BCUT2D eigenvalue weighted by Gasteiger charge is 2.50. The van der Waals surface area contributed by atoms with Gasteiger partial charge in [0.2, 0.25) is 11.8 Å². The lowest BCUT2D eigenvalue weighted by Crippen LogP contribution is -2.45. The average molecular weight is 242 g/mol. The zero-order valence-electron chi connectivity index (χ0n) is 10.9. The molecule has 1 saturated carbocycles. The number of carbonyl (C=O) groups excluding carboxylic acids is 2. The molecule has 1 aliphatic carbocycles. The largest absolute Gasteiger partial charge is 0.390 e. The molecule has 0 spiro atoms. The van der Waals surface area contributed by atoms with E-state index in [4.69, 9.17) is 0 Å². The second-order valence-electron chi connectivity index (χ2n) is 4.80. The topological polar surface area (TPSA) is 78.4 Å². The van der Waals surface area contributed by atoms with Crippen LogP contribution in [0.15, 0.2) is 0 Å². The molecule has 98 valence electrons. The predicted octanol–water partition coefficient (Wildman–Crippen LogP) is 0.0342. The maximum atomic E-state index is 11.7. The van der Waals surface area contributed by atoms with E-state index in [-0.39, 0.29) is 23.9 Å². The van der Waals surface area contributed by atoms with Crippen LogP contribution in [0.2, 0.25) is 0 Å². The van der Waals surface area contributed by atoms with Crippen LogP contribution in [-0.4, -0.2) is 35.1 Å². The van der Waals surface area contributed by atoms with Gasteiger partial charge in [0, 0.05) is 12.1 Å². The third-order valence-corrected chi connectivity index (χ3v) is 3.50. The summed E-state index contributed by atoms with van der Waals surface area (Å²) >= 11 is 0. The molecule has 2 fully saturated rings. The van der Waals surface area contributed by atoms with Gasteiger partial charge in [-0.05, 0) is 19.3 Å². The van der Waals surface area contributed by atoms with E-state index in [1.54, 1.807) is 0 Å². The minimum atomic E-state index is -0.936. The lowest BCUT2D eigenvalue weighted by molar-refractivity contribution is -0.136. The standard InChI is InChI=1S/C10H16N2O3.C2H6/c1-5-3-10(5,2)12-9(15)7-6(13)4-11-8(7)14;1-2/h5-7,13H,3-4H2,1-2H3,(H,11,14)(H,12,15);1-2H3. The van der Waals surface area contributed by atoms with Gasteiger partial charge in [-0.15, -0.1) is 0 Å². The van der Waals surface area contributed by atoms with Crippen molar-refractivity contribution in [3.05, 3.63) is 0 Å². The molecule has 1 aliphatic heterocycles. The van der Waals surface area contributed by atoms with Gasteiger partial charge in [-0.2, -0.15) is 0 Å². The SMILES string of the molecule is CC.CC1CC1(C)NC(=O)C1C(=O)NCC1O. The molecule has 0 bridgehead atoms. The molecule has 2 aliphatic rings. The average Bonchev–Trinajstić information content (AvgIpc) is 2.70. The Bertz CT molecular complexity index is 319. The lowest BCUT2D eigenvalue weighted by Gasteiger charge is -2.17. The first kappa shape index (κ1) is 14.0. The Balaban J connectivity index is 0.000000686. The summed E-state index contributed by atoms with van der Waals surface area (Å²) in [5.41, 5.74) is -0.181. The molecule has 17 heavy (non-hydrogen) atoms.